The van der Waals surface area contributed by atoms with Gasteiger partial charge in [-0.3, -0.25) is 14.9 Å². The lowest BCUT2D eigenvalue weighted by Crippen LogP contribution is -2.17. The fourth-order valence-corrected chi connectivity index (χ4v) is 4.37. The Morgan fingerprint density at radius 1 is 0.893 bits per heavy atom. The van der Waals surface area contributed by atoms with Gasteiger partial charge in [-0.05, 0) is 40.2 Å². The van der Waals surface area contributed by atoms with E-state index >= 15 is 0 Å². The lowest BCUT2D eigenvalue weighted by atomic mass is 10.0. The molecule has 1 fully saturated rings. The highest BCUT2D eigenvalue weighted by Gasteiger charge is 2.25. The van der Waals surface area contributed by atoms with Crippen LogP contribution in [0, 0.1) is 0 Å². The summed E-state index contributed by atoms with van der Waals surface area (Å²) in [6.45, 7) is 0.726. The summed E-state index contributed by atoms with van der Waals surface area (Å²) in [6, 6.07) is 22.8. The van der Waals surface area contributed by atoms with E-state index in [-0.39, 0.29) is 11.1 Å². The maximum atomic E-state index is 11.9. The van der Waals surface area contributed by atoms with E-state index in [9.17, 15) is 9.59 Å². The van der Waals surface area contributed by atoms with Crippen LogP contribution in [-0.2, 0) is 11.3 Å². The number of hydrogen-bond acceptors (Lipinski definition) is 3. The number of fused-ring (bicyclic) bond motifs is 2. The summed E-state index contributed by atoms with van der Waals surface area (Å²) in [4.78, 5) is 23.8. The molecule has 4 aromatic rings. The van der Waals surface area contributed by atoms with Gasteiger partial charge in [0.1, 0.15) is 0 Å². The predicted molar refractivity (Wildman–Crippen MR) is 114 cm³/mol. The van der Waals surface area contributed by atoms with Crippen molar-refractivity contribution in [2.24, 2.45) is 0 Å². The summed E-state index contributed by atoms with van der Waals surface area (Å²) in [5, 5.41) is 5.50. The molecule has 1 N–H and O–H groups in total. The van der Waals surface area contributed by atoms with Gasteiger partial charge in [0.25, 0.3) is 11.1 Å². The van der Waals surface area contributed by atoms with Crippen LogP contribution in [0.4, 0.5) is 4.79 Å². The number of para-hydroxylation sites is 1. The molecule has 1 saturated heterocycles. The van der Waals surface area contributed by atoms with Crippen molar-refractivity contribution in [3.8, 4) is 0 Å². The number of hydrogen-bond donors (Lipinski definition) is 1. The standard InChI is InChI=1S/C23H16N2O2S/c26-22-21(28-23(27)24-22)12-17-14-25(20-11-4-3-10-19(17)20)13-16-8-5-7-15-6-1-2-9-18(15)16/h1-12,14H,13H2,(H,24,26,27)/b21-12+. The Kier molecular flexibility index (Phi) is 4.02. The molecule has 0 atom stereocenters. The quantitative estimate of drug-likeness (QED) is 0.496. The molecule has 5 rings (SSSR count). The molecule has 3 aromatic carbocycles. The number of aromatic nitrogens is 1. The van der Waals surface area contributed by atoms with Crippen molar-refractivity contribution in [2.75, 3.05) is 0 Å². The Morgan fingerprint density at radius 2 is 1.64 bits per heavy atom. The maximum absolute atomic E-state index is 11.9. The van der Waals surface area contributed by atoms with Gasteiger partial charge in [-0.2, -0.15) is 0 Å². The number of rotatable bonds is 3. The highest BCUT2D eigenvalue weighted by molar-refractivity contribution is 8.18. The summed E-state index contributed by atoms with van der Waals surface area (Å²) in [7, 11) is 0. The Morgan fingerprint density at radius 3 is 2.46 bits per heavy atom. The zero-order valence-corrected chi connectivity index (χ0v) is 15.7. The highest BCUT2D eigenvalue weighted by Crippen LogP contribution is 2.30. The van der Waals surface area contributed by atoms with Crippen molar-refractivity contribution < 1.29 is 9.59 Å². The summed E-state index contributed by atoms with van der Waals surface area (Å²) in [5.74, 6) is -0.333. The van der Waals surface area contributed by atoms with Crippen LogP contribution in [-0.4, -0.2) is 15.7 Å². The van der Waals surface area contributed by atoms with E-state index in [1.165, 1.54) is 16.3 Å². The minimum Gasteiger partial charge on any atom is -0.342 e. The van der Waals surface area contributed by atoms with Crippen molar-refractivity contribution in [3.63, 3.8) is 0 Å². The molecule has 0 bridgehead atoms. The van der Waals surface area contributed by atoms with E-state index in [2.05, 4.69) is 58.5 Å². The first-order valence-corrected chi connectivity index (χ1v) is 9.80. The average molecular weight is 384 g/mol. The van der Waals surface area contributed by atoms with Crippen molar-refractivity contribution in [2.45, 2.75) is 6.54 Å². The molecule has 2 amide bonds. The van der Waals surface area contributed by atoms with Crippen LogP contribution in [0.3, 0.4) is 0 Å². The monoisotopic (exact) mass is 384 g/mol. The molecular formula is C23H16N2O2S. The molecule has 4 nitrogen and oxygen atoms in total. The smallest absolute Gasteiger partial charge is 0.290 e. The topological polar surface area (TPSA) is 51.1 Å². The first kappa shape index (κ1) is 16.8. The number of amides is 2. The van der Waals surface area contributed by atoms with Crippen LogP contribution in [0.2, 0.25) is 0 Å². The molecule has 1 aliphatic heterocycles. The molecule has 0 aliphatic carbocycles. The number of carbonyl (C=O) groups is 2. The van der Waals surface area contributed by atoms with Gasteiger partial charge in [0.05, 0.1) is 4.91 Å². The van der Waals surface area contributed by atoms with Crippen molar-refractivity contribution in [3.05, 3.63) is 89.0 Å². The number of nitrogens with zero attached hydrogens (tertiary/aromatic N) is 1. The Hall–Kier alpha value is -3.31. The number of nitrogens with one attached hydrogen (secondary N) is 1. The molecule has 136 valence electrons. The average Bonchev–Trinajstić information content (AvgIpc) is 3.22. The fourth-order valence-electron chi connectivity index (χ4n) is 3.70. The molecule has 0 saturated carbocycles. The van der Waals surface area contributed by atoms with Crippen molar-refractivity contribution in [1.29, 1.82) is 0 Å². The summed E-state index contributed by atoms with van der Waals surface area (Å²) in [5.41, 5.74) is 3.27. The maximum Gasteiger partial charge on any atom is 0.290 e. The van der Waals surface area contributed by atoms with Crippen LogP contribution >= 0.6 is 11.8 Å². The van der Waals surface area contributed by atoms with E-state index in [0.29, 0.717) is 4.91 Å². The normalized spacial score (nSPS) is 15.6. The molecule has 28 heavy (non-hydrogen) atoms. The van der Waals surface area contributed by atoms with E-state index in [1.807, 2.05) is 24.3 Å². The van der Waals surface area contributed by atoms with Crippen molar-refractivity contribution >= 4 is 50.7 Å². The Labute approximate surface area is 165 Å². The molecule has 1 aromatic heterocycles. The summed E-state index contributed by atoms with van der Waals surface area (Å²) >= 11 is 0.944. The lowest BCUT2D eigenvalue weighted by Gasteiger charge is -2.09. The second-order valence-electron chi connectivity index (χ2n) is 6.72. The van der Waals surface area contributed by atoms with Gasteiger partial charge in [-0.25, -0.2) is 0 Å². The van der Waals surface area contributed by atoms with Crippen LogP contribution in [0.1, 0.15) is 11.1 Å². The number of benzene rings is 3. The SMILES string of the molecule is O=C1NC(=O)/C(=C\c2cn(Cc3cccc4ccccc34)c3ccccc23)S1. The molecule has 0 radical (unpaired) electrons. The molecule has 0 unspecified atom stereocenters. The van der Waals surface area contributed by atoms with Crippen LogP contribution in [0.25, 0.3) is 27.8 Å². The minimum atomic E-state index is -0.333. The largest absolute Gasteiger partial charge is 0.342 e. The summed E-state index contributed by atoms with van der Waals surface area (Å²) < 4.78 is 2.20. The molecule has 2 heterocycles. The van der Waals surface area contributed by atoms with Gasteiger partial charge in [-0.15, -0.1) is 0 Å². The van der Waals surface area contributed by atoms with E-state index in [0.717, 1.165) is 34.8 Å². The minimum absolute atomic E-state index is 0.323. The third kappa shape index (κ3) is 2.90. The molecule has 0 spiro atoms. The van der Waals surface area contributed by atoms with Crippen LogP contribution in [0.15, 0.2) is 77.8 Å². The fraction of sp³-hybridized carbons (Fsp3) is 0.0435. The van der Waals surface area contributed by atoms with Gasteiger partial charge < -0.3 is 4.57 Å². The molecule has 1 aliphatic rings. The first-order chi connectivity index (χ1) is 13.7. The van der Waals surface area contributed by atoms with Crippen LogP contribution in [0.5, 0.6) is 0 Å². The predicted octanol–water partition coefficient (Wildman–Crippen LogP) is 5.17. The van der Waals surface area contributed by atoms with E-state index in [1.54, 1.807) is 6.08 Å². The Bertz CT molecular complexity index is 1280. The molecular weight excluding hydrogens is 368 g/mol. The second-order valence-corrected chi connectivity index (χ2v) is 7.73. The van der Waals surface area contributed by atoms with Crippen molar-refractivity contribution in [1.82, 2.24) is 9.88 Å². The van der Waals surface area contributed by atoms with Crippen LogP contribution < -0.4 is 5.32 Å². The van der Waals surface area contributed by atoms with Gasteiger partial charge in [0.15, 0.2) is 0 Å². The zero-order chi connectivity index (χ0) is 19.1. The van der Waals surface area contributed by atoms with E-state index < -0.39 is 0 Å². The second kappa shape index (κ2) is 6.69. The van der Waals surface area contributed by atoms with Gasteiger partial charge in [-0.1, -0.05) is 60.7 Å². The zero-order valence-electron chi connectivity index (χ0n) is 14.9. The Balaban J connectivity index is 1.62. The highest BCUT2D eigenvalue weighted by atomic mass is 32.2. The molecule has 5 heteroatoms. The third-order valence-corrected chi connectivity index (χ3v) is 5.78. The number of thioether (sulfide) groups is 1. The third-order valence-electron chi connectivity index (χ3n) is 4.97. The first-order valence-electron chi connectivity index (χ1n) is 8.98. The number of carbonyl (C=O) groups excluding carboxylic acids is 2. The number of imide groups is 1. The van der Waals surface area contributed by atoms with Gasteiger partial charge in [0.2, 0.25) is 0 Å². The lowest BCUT2D eigenvalue weighted by molar-refractivity contribution is -0.115. The van der Waals surface area contributed by atoms with Gasteiger partial charge >= 0.3 is 0 Å². The van der Waals surface area contributed by atoms with E-state index in [4.69, 9.17) is 0 Å². The summed E-state index contributed by atoms with van der Waals surface area (Å²) in [6.07, 6.45) is 3.85. The van der Waals surface area contributed by atoms with Gasteiger partial charge in [0, 0.05) is 29.2 Å².